The molecule has 2 aliphatic rings. The molecule has 0 bridgehead atoms. The number of alkyl halides is 3. The molecule has 142 valence electrons. The van der Waals surface area contributed by atoms with Crippen molar-refractivity contribution in [1.82, 2.24) is 4.90 Å². The van der Waals surface area contributed by atoms with Crippen LogP contribution in [0.25, 0.3) is 0 Å². The van der Waals surface area contributed by atoms with Crippen molar-refractivity contribution in [3.05, 3.63) is 21.9 Å². The third kappa shape index (κ3) is 3.60. The Labute approximate surface area is 152 Å². The Kier molecular flexibility index (Phi) is 5.05. The number of amides is 1. The van der Waals surface area contributed by atoms with Gasteiger partial charge in [-0.15, -0.1) is 21.6 Å². The van der Waals surface area contributed by atoms with Crippen molar-refractivity contribution < 1.29 is 27.5 Å². The Hall–Kier alpha value is -1.97. The SMILES string of the molecule is COC(=O)Cc1sccc1C(=O)N1CCCCC1CC1(C(F)(F)F)N=N1. The molecule has 10 heteroatoms. The zero-order valence-corrected chi connectivity index (χ0v) is 14.9. The van der Waals surface area contributed by atoms with E-state index in [-0.39, 0.29) is 18.7 Å². The third-order valence-electron chi connectivity index (χ3n) is 4.71. The highest BCUT2D eigenvalue weighted by molar-refractivity contribution is 7.10. The second kappa shape index (κ2) is 6.98. The summed E-state index contributed by atoms with van der Waals surface area (Å²) in [6.07, 6.45) is -2.97. The van der Waals surface area contributed by atoms with Gasteiger partial charge in [0.15, 0.2) is 0 Å². The third-order valence-corrected chi connectivity index (χ3v) is 5.63. The number of methoxy groups -OCH3 is 1. The molecule has 3 heterocycles. The lowest BCUT2D eigenvalue weighted by atomic mass is 9.93. The van der Waals surface area contributed by atoms with Gasteiger partial charge in [-0.25, -0.2) is 0 Å². The average molecular weight is 389 g/mol. The molecule has 0 spiro atoms. The number of carbonyl (C=O) groups excluding carboxylic acids is 2. The highest BCUT2D eigenvalue weighted by Gasteiger charge is 2.64. The first-order valence-corrected chi connectivity index (χ1v) is 9.10. The van der Waals surface area contributed by atoms with E-state index in [1.165, 1.54) is 23.3 Å². The minimum Gasteiger partial charge on any atom is -0.469 e. The maximum Gasteiger partial charge on any atom is 0.437 e. The fourth-order valence-corrected chi connectivity index (χ4v) is 4.06. The second-order valence-electron chi connectivity index (χ2n) is 6.38. The highest BCUT2D eigenvalue weighted by atomic mass is 32.1. The van der Waals surface area contributed by atoms with E-state index in [0.29, 0.717) is 23.4 Å². The van der Waals surface area contributed by atoms with Crippen LogP contribution in [0, 0.1) is 0 Å². The van der Waals surface area contributed by atoms with E-state index < -0.39 is 23.9 Å². The maximum absolute atomic E-state index is 13.2. The average Bonchev–Trinajstić information content (AvgIpc) is 3.25. The first kappa shape index (κ1) is 18.8. The maximum atomic E-state index is 13.2. The molecule has 0 aromatic carbocycles. The number of esters is 1. The van der Waals surface area contributed by atoms with Gasteiger partial charge in [-0.2, -0.15) is 13.2 Å². The lowest BCUT2D eigenvalue weighted by Crippen LogP contribution is -2.48. The molecule has 1 unspecified atom stereocenters. The zero-order valence-electron chi connectivity index (χ0n) is 14.1. The van der Waals surface area contributed by atoms with Gasteiger partial charge in [0.2, 0.25) is 0 Å². The number of rotatable bonds is 5. The van der Waals surface area contributed by atoms with Gasteiger partial charge in [-0.3, -0.25) is 9.59 Å². The predicted molar refractivity (Wildman–Crippen MR) is 87.0 cm³/mol. The standard InChI is InChI=1S/C16H18F3N3O3S/c1-25-13(23)8-12-11(5-7-26-12)14(24)22-6-3-2-4-10(22)9-15(20-21-15)16(17,18)19/h5,7,10H,2-4,6,8-9H2,1H3. The van der Waals surface area contributed by atoms with Crippen LogP contribution < -0.4 is 0 Å². The largest absolute Gasteiger partial charge is 0.469 e. The van der Waals surface area contributed by atoms with Crippen molar-refractivity contribution in [2.24, 2.45) is 10.2 Å². The van der Waals surface area contributed by atoms with Gasteiger partial charge in [0.05, 0.1) is 19.1 Å². The van der Waals surface area contributed by atoms with E-state index in [9.17, 15) is 22.8 Å². The second-order valence-corrected chi connectivity index (χ2v) is 7.38. The van der Waals surface area contributed by atoms with Gasteiger partial charge in [-0.05, 0) is 30.7 Å². The molecular weight excluding hydrogens is 371 g/mol. The molecule has 1 atom stereocenters. The monoisotopic (exact) mass is 389 g/mol. The highest BCUT2D eigenvalue weighted by Crippen LogP contribution is 2.49. The van der Waals surface area contributed by atoms with E-state index >= 15 is 0 Å². The number of piperidine rings is 1. The molecule has 0 saturated carbocycles. The lowest BCUT2D eigenvalue weighted by Gasteiger charge is -2.37. The molecule has 1 fully saturated rings. The van der Waals surface area contributed by atoms with E-state index in [4.69, 9.17) is 0 Å². The number of thiophene rings is 1. The van der Waals surface area contributed by atoms with E-state index in [1.54, 1.807) is 11.4 Å². The van der Waals surface area contributed by atoms with Crippen LogP contribution in [-0.2, 0) is 16.0 Å². The van der Waals surface area contributed by atoms with E-state index in [1.807, 2.05) is 0 Å². The molecule has 6 nitrogen and oxygen atoms in total. The fraction of sp³-hybridized carbons (Fsp3) is 0.625. The Bertz CT molecular complexity index is 726. The number of carbonyl (C=O) groups is 2. The number of halogens is 3. The molecular formula is C16H18F3N3O3S. The Morgan fingerprint density at radius 2 is 2.12 bits per heavy atom. The van der Waals surface area contributed by atoms with Gasteiger partial charge in [0.1, 0.15) is 0 Å². The molecule has 0 aliphatic carbocycles. The summed E-state index contributed by atoms with van der Waals surface area (Å²) in [5.74, 6) is -0.823. The first-order valence-electron chi connectivity index (χ1n) is 8.22. The summed E-state index contributed by atoms with van der Waals surface area (Å²) in [6.45, 7) is 0.380. The number of hydrogen-bond donors (Lipinski definition) is 0. The van der Waals surface area contributed by atoms with Crippen LogP contribution in [-0.4, -0.2) is 48.3 Å². The molecule has 0 N–H and O–H groups in total. The van der Waals surface area contributed by atoms with E-state index in [0.717, 1.165) is 12.8 Å². The topological polar surface area (TPSA) is 71.3 Å². The first-order chi connectivity index (χ1) is 12.3. The van der Waals surface area contributed by atoms with Crippen LogP contribution in [0.4, 0.5) is 13.2 Å². The number of nitrogens with zero attached hydrogens (tertiary/aromatic N) is 3. The van der Waals surface area contributed by atoms with Crippen molar-refractivity contribution >= 4 is 23.2 Å². The van der Waals surface area contributed by atoms with Crippen molar-refractivity contribution in [2.45, 2.75) is 50.0 Å². The summed E-state index contributed by atoms with van der Waals surface area (Å²) in [5, 5.41) is 8.14. The number of hydrogen-bond acceptors (Lipinski definition) is 6. The van der Waals surface area contributed by atoms with Gasteiger partial charge in [0, 0.05) is 23.9 Å². The summed E-state index contributed by atoms with van der Waals surface area (Å²) in [6, 6.07) is 1.02. The summed E-state index contributed by atoms with van der Waals surface area (Å²) < 4.78 is 44.1. The molecule has 1 saturated heterocycles. The summed E-state index contributed by atoms with van der Waals surface area (Å²) in [4.78, 5) is 26.5. The molecule has 0 radical (unpaired) electrons. The van der Waals surface area contributed by atoms with Crippen LogP contribution in [0.1, 0.15) is 40.9 Å². The number of likely N-dealkylation sites (tertiary alicyclic amines) is 1. The predicted octanol–water partition coefficient (Wildman–Crippen LogP) is 3.57. The minimum absolute atomic E-state index is 0.0368. The lowest BCUT2D eigenvalue weighted by molar-refractivity contribution is -0.168. The van der Waals surface area contributed by atoms with Crippen LogP contribution in [0.15, 0.2) is 21.7 Å². The molecule has 2 aliphatic heterocycles. The molecule has 1 aromatic rings. The molecule has 26 heavy (non-hydrogen) atoms. The van der Waals surface area contributed by atoms with Crippen LogP contribution in [0.3, 0.4) is 0 Å². The summed E-state index contributed by atoms with van der Waals surface area (Å²) in [5.41, 5.74) is -2.02. The normalized spacial score (nSPS) is 21.5. The summed E-state index contributed by atoms with van der Waals surface area (Å²) >= 11 is 1.25. The van der Waals surface area contributed by atoms with Crippen molar-refractivity contribution in [3.8, 4) is 0 Å². The van der Waals surface area contributed by atoms with Crippen molar-refractivity contribution in [2.75, 3.05) is 13.7 Å². The van der Waals surface area contributed by atoms with E-state index in [2.05, 4.69) is 15.0 Å². The Morgan fingerprint density at radius 1 is 1.38 bits per heavy atom. The van der Waals surface area contributed by atoms with Crippen LogP contribution in [0.2, 0.25) is 0 Å². The zero-order chi connectivity index (χ0) is 18.9. The van der Waals surface area contributed by atoms with Crippen LogP contribution in [0.5, 0.6) is 0 Å². The van der Waals surface area contributed by atoms with Crippen molar-refractivity contribution in [3.63, 3.8) is 0 Å². The minimum atomic E-state index is -4.54. The quantitative estimate of drug-likeness (QED) is 0.723. The van der Waals surface area contributed by atoms with Crippen molar-refractivity contribution in [1.29, 1.82) is 0 Å². The summed E-state index contributed by atoms with van der Waals surface area (Å²) in [7, 11) is 1.26. The smallest absolute Gasteiger partial charge is 0.437 e. The van der Waals surface area contributed by atoms with Gasteiger partial charge < -0.3 is 9.64 Å². The molecule has 3 rings (SSSR count). The van der Waals surface area contributed by atoms with Gasteiger partial charge in [0.25, 0.3) is 11.6 Å². The molecule has 1 amide bonds. The van der Waals surface area contributed by atoms with Crippen LogP contribution >= 0.6 is 11.3 Å². The van der Waals surface area contributed by atoms with Gasteiger partial charge in [-0.1, -0.05) is 0 Å². The number of ether oxygens (including phenoxy) is 1. The fourth-order valence-electron chi connectivity index (χ4n) is 3.21. The Balaban J connectivity index is 1.77. The Morgan fingerprint density at radius 3 is 2.73 bits per heavy atom. The van der Waals surface area contributed by atoms with Gasteiger partial charge >= 0.3 is 12.1 Å². The molecule has 1 aromatic heterocycles.